The van der Waals surface area contributed by atoms with E-state index in [1.807, 2.05) is 20.8 Å². The van der Waals surface area contributed by atoms with E-state index in [2.05, 4.69) is 5.32 Å². The number of rotatable bonds is 5. The molecule has 0 rings (SSSR count). The van der Waals surface area contributed by atoms with Crippen molar-refractivity contribution in [3.8, 4) is 0 Å². The fourth-order valence-corrected chi connectivity index (χ4v) is 1.89. The number of ketones is 1. The maximum atomic E-state index is 11.4. The minimum atomic E-state index is -4.13. The lowest BCUT2D eigenvalue weighted by Crippen LogP contribution is -2.50. The third kappa shape index (κ3) is 7.47. The monoisotopic (exact) mass is 237 g/mol. The Morgan fingerprint density at radius 3 is 2.13 bits per heavy atom. The van der Waals surface area contributed by atoms with E-state index in [0.717, 1.165) is 0 Å². The topological polar surface area (TPSA) is 83.5 Å². The standard InChI is InChI=1S/C9H19NO4S/c1-5-8(11)7(6-15(12,13)14)10-9(2,3)4/h7,10H,5-6H2,1-4H3,(H,12,13,14). The minimum absolute atomic E-state index is 0.220. The van der Waals surface area contributed by atoms with Crippen LogP contribution in [0.2, 0.25) is 0 Å². The van der Waals surface area contributed by atoms with Gasteiger partial charge >= 0.3 is 0 Å². The molecular weight excluding hydrogens is 218 g/mol. The van der Waals surface area contributed by atoms with Crippen molar-refractivity contribution in [2.45, 2.75) is 45.7 Å². The van der Waals surface area contributed by atoms with Gasteiger partial charge in [0.1, 0.15) is 0 Å². The molecule has 5 nitrogen and oxygen atoms in total. The van der Waals surface area contributed by atoms with Crippen LogP contribution in [0.25, 0.3) is 0 Å². The van der Waals surface area contributed by atoms with Crippen LogP contribution in [0.5, 0.6) is 0 Å². The van der Waals surface area contributed by atoms with Gasteiger partial charge in [0.2, 0.25) is 0 Å². The fourth-order valence-electron chi connectivity index (χ4n) is 1.19. The van der Waals surface area contributed by atoms with Crippen LogP contribution in [0.3, 0.4) is 0 Å². The first kappa shape index (κ1) is 14.5. The largest absolute Gasteiger partial charge is 0.302 e. The van der Waals surface area contributed by atoms with Crippen molar-refractivity contribution in [2.24, 2.45) is 0 Å². The number of carbonyl (C=O) groups is 1. The predicted molar refractivity (Wildman–Crippen MR) is 58.4 cm³/mol. The van der Waals surface area contributed by atoms with Gasteiger partial charge in [-0.15, -0.1) is 0 Å². The minimum Gasteiger partial charge on any atom is -0.302 e. The molecule has 0 fully saturated rings. The Labute approximate surface area is 91.0 Å². The summed E-state index contributed by atoms with van der Waals surface area (Å²) in [7, 11) is -4.13. The highest BCUT2D eigenvalue weighted by molar-refractivity contribution is 7.85. The van der Waals surface area contributed by atoms with Crippen LogP contribution in [-0.4, -0.2) is 36.1 Å². The summed E-state index contributed by atoms with van der Waals surface area (Å²) < 4.78 is 30.1. The summed E-state index contributed by atoms with van der Waals surface area (Å²) in [6, 6.07) is -0.843. The molecule has 0 amide bonds. The zero-order chi connectivity index (χ0) is 12.3. The maximum absolute atomic E-state index is 11.4. The van der Waals surface area contributed by atoms with E-state index in [1.165, 1.54) is 0 Å². The van der Waals surface area contributed by atoms with Crippen molar-refractivity contribution in [3.05, 3.63) is 0 Å². The Kier molecular flexibility index (Phi) is 4.89. The van der Waals surface area contributed by atoms with Crippen LogP contribution in [0, 0.1) is 0 Å². The molecule has 0 aromatic rings. The normalized spacial score (nSPS) is 15.0. The Morgan fingerprint density at radius 2 is 1.87 bits per heavy atom. The van der Waals surface area contributed by atoms with E-state index in [0.29, 0.717) is 0 Å². The molecule has 0 heterocycles. The third-order valence-corrected chi connectivity index (χ3v) is 2.48. The summed E-state index contributed by atoms with van der Waals surface area (Å²) in [6.45, 7) is 7.14. The Hall–Kier alpha value is -0.460. The van der Waals surface area contributed by atoms with Gasteiger partial charge in [-0.2, -0.15) is 8.42 Å². The van der Waals surface area contributed by atoms with Crippen molar-refractivity contribution < 1.29 is 17.8 Å². The summed E-state index contributed by atoms with van der Waals surface area (Å²) in [5.74, 6) is -0.792. The van der Waals surface area contributed by atoms with Crippen LogP contribution >= 0.6 is 0 Å². The third-order valence-electron chi connectivity index (χ3n) is 1.72. The average molecular weight is 237 g/mol. The number of hydrogen-bond acceptors (Lipinski definition) is 4. The maximum Gasteiger partial charge on any atom is 0.266 e. The number of Topliss-reactive ketones (excluding diaryl/α,β-unsaturated/α-hetero) is 1. The molecule has 0 aliphatic rings. The van der Waals surface area contributed by atoms with Gasteiger partial charge < -0.3 is 5.32 Å². The molecule has 90 valence electrons. The SMILES string of the molecule is CCC(=O)C(CS(=O)(=O)O)NC(C)(C)C. The Bertz CT molecular complexity index is 315. The second-order valence-corrected chi connectivity index (χ2v) is 6.01. The summed E-state index contributed by atoms with van der Waals surface area (Å²) in [4.78, 5) is 11.4. The molecule has 0 saturated carbocycles. The first-order chi connectivity index (χ1) is 6.55. The van der Waals surface area contributed by atoms with Gasteiger partial charge in [0.05, 0.1) is 11.8 Å². The van der Waals surface area contributed by atoms with E-state index in [9.17, 15) is 13.2 Å². The second kappa shape index (κ2) is 5.05. The van der Waals surface area contributed by atoms with Gasteiger partial charge in [-0.3, -0.25) is 9.35 Å². The quantitative estimate of drug-likeness (QED) is 0.684. The highest BCUT2D eigenvalue weighted by Crippen LogP contribution is 2.05. The van der Waals surface area contributed by atoms with Crippen LogP contribution in [0.1, 0.15) is 34.1 Å². The van der Waals surface area contributed by atoms with Crippen molar-refractivity contribution in [3.63, 3.8) is 0 Å². The molecule has 0 aliphatic heterocycles. The zero-order valence-electron chi connectivity index (χ0n) is 9.57. The Balaban J connectivity index is 4.68. The first-order valence-corrected chi connectivity index (χ1v) is 6.41. The van der Waals surface area contributed by atoms with Gasteiger partial charge in [-0.05, 0) is 20.8 Å². The molecule has 0 aromatic heterocycles. The van der Waals surface area contributed by atoms with Crippen molar-refractivity contribution in [1.82, 2.24) is 5.32 Å². The zero-order valence-corrected chi connectivity index (χ0v) is 10.4. The molecular formula is C9H19NO4S. The summed E-state index contributed by atoms with van der Waals surface area (Å²) >= 11 is 0. The molecule has 0 bridgehead atoms. The average Bonchev–Trinajstić information content (AvgIpc) is 1.96. The molecule has 0 aliphatic carbocycles. The molecule has 0 radical (unpaired) electrons. The number of nitrogens with one attached hydrogen (secondary N) is 1. The van der Waals surface area contributed by atoms with Gasteiger partial charge in [0.25, 0.3) is 10.1 Å². The van der Waals surface area contributed by atoms with Crippen molar-refractivity contribution in [1.29, 1.82) is 0 Å². The molecule has 2 N–H and O–H groups in total. The number of hydrogen-bond donors (Lipinski definition) is 2. The lowest BCUT2D eigenvalue weighted by atomic mass is 10.0. The molecule has 1 unspecified atom stereocenters. The van der Waals surface area contributed by atoms with Crippen molar-refractivity contribution >= 4 is 15.9 Å². The highest BCUT2D eigenvalue weighted by atomic mass is 32.2. The second-order valence-electron chi connectivity index (χ2n) is 4.52. The summed E-state index contributed by atoms with van der Waals surface area (Å²) in [5.41, 5.74) is -0.375. The predicted octanol–water partition coefficient (Wildman–Crippen LogP) is 0.610. The smallest absolute Gasteiger partial charge is 0.266 e. The molecule has 0 saturated heterocycles. The van der Waals surface area contributed by atoms with E-state index in [4.69, 9.17) is 4.55 Å². The lowest BCUT2D eigenvalue weighted by molar-refractivity contribution is -0.120. The molecule has 6 heteroatoms. The van der Waals surface area contributed by atoms with Gasteiger partial charge in [-0.1, -0.05) is 6.92 Å². The molecule has 0 aromatic carbocycles. The van der Waals surface area contributed by atoms with Crippen LogP contribution < -0.4 is 5.32 Å². The Morgan fingerprint density at radius 1 is 1.40 bits per heavy atom. The van der Waals surface area contributed by atoms with Crippen LogP contribution in [0.4, 0.5) is 0 Å². The van der Waals surface area contributed by atoms with E-state index in [-0.39, 0.29) is 17.7 Å². The molecule has 15 heavy (non-hydrogen) atoms. The van der Waals surface area contributed by atoms with Crippen LogP contribution in [0.15, 0.2) is 0 Å². The summed E-state index contributed by atoms with van der Waals surface area (Å²) in [6.07, 6.45) is 0.239. The van der Waals surface area contributed by atoms with E-state index in [1.54, 1.807) is 6.92 Å². The van der Waals surface area contributed by atoms with Gasteiger partial charge in [0.15, 0.2) is 5.78 Å². The fraction of sp³-hybridized carbons (Fsp3) is 0.889. The highest BCUT2D eigenvalue weighted by Gasteiger charge is 2.26. The van der Waals surface area contributed by atoms with Gasteiger partial charge in [0, 0.05) is 12.0 Å². The van der Waals surface area contributed by atoms with E-state index < -0.39 is 21.9 Å². The first-order valence-electron chi connectivity index (χ1n) is 4.80. The summed E-state index contributed by atoms with van der Waals surface area (Å²) in [5, 5.41) is 2.87. The van der Waals surface area contributed by atoms with Crippen molar-refractivity contribution in [2.75, 3.05) is 5.75 Å². The van der Waals surface area contributed by atoms with E-state index >= 15 is 0 Å². The lowest BCUT2D eigenvalue weighted by Gasteiger charge is -2.26. The number of carbonyl (C=O) groups excluding carboxylic acids is 1. The van der Waals surface area contributed by atoms with Crippen LogP contribution in [-0.2, 0) is 14.9 Å². The van der Waals surface area contributed by atoms with Gasteiger partial charge in [-0.25, -0.2) is 0 Å². The molecule has 0 spiro atoms. The molecule has 1 atom stereocenters.